The predicted molar refractivity (Wildman–Crippen MR) is 80.7 cm³/mol. The molecule has 0 radical (unpaired) electrons. The van der Waals surface area contributed by atoms with E-state index in [2.05, 4.69) is 36.4 Å². The summed E-state index contributed by atoms with van der Waals surface area (Å²) >= 11 is 3.45. The van der Waals surface area contributed by atoms with E-state index in [1.54, 1.807) is 6.20 Å². The Hall–Kier alpha value is -1.95. The first-order valence-corrected chi connectivity index (χ1v) is 7.09. The van der Waals surface area contributed by atoms with Crippen molar-refractivity contribution in [2.75, 3.05) is 11.9 Å². The summed E-state index contributed by atoms with van der Waals surface area (Å²) in [6.07, 6.45) is 2.50. The van der Waals surface area contributed by atoms with Crippen LogP contribution in [-0.2, 0) is 6.42 Å². The molecule has 0 amide bonds. The van der Waals surface area contributed by atoms with Crippen molar-refractivity contribution in [3.05, 3.63) is 46.7 Å². The quantitative estimate of drug-likeness (QED) is 0.793. The number of nitrogens with one attached hydrogen (secondary N) is 1. The number of halogens is 1. The number of anilines is 1. The van der Waals surface area contributed by atoms with Crippen LogP contribution >= 0.6 is 15.9 Å². The highest BCUT2D eigenvalue weighted by atomic mass is 79.9. The summed E-state index contributed by atoms with van der Waals surface area (Å²) < 4.78 is 6.11. The lowest BCUT2D eigenvalue weighted by Gasteiger charge is -2.08. The van der Waals surface area contributed by atoms with Crippen LogP contribution in [0.1, 0.15) is 11.7 Å². The van der Waals surface area contributed by atoms with Crippen molar-refractivity contribution in [1.29, 1.82) is 0 Å². The topological polar surface area (TPSA) is 63.8 Å². The molecule has 3 aromatic rings. The maximum absolute atomic E-state index is 5.09. The Morgan fingerprint density at radius 3 is 3.00 bits per heavy atom. The number of aryl methyl sites for hydroxylation is 1. The Bertz CT molecular complexity index is 741. The number of rotatable bonds is 4. The zero-order valence-corrected chi connectivity index (χ0v) is 12.5. The molecule has 0 aliphatic carbocycles. The minimum atomic E-state index is 0.649. The van der Waals surface area contributed by atoms with Crippen molar-refractivity contribution in [2.24, 2.45) is 0 Å². The molecule has 20 heavy (non-hydrogen) atoms. The van der Waals surface area contributed by atoms with Crippen LogP contribution in [0.3, 0.4) is 0 Å². The molecular weight excluding hydrogens is 320 g/mol. The van der Waals surface area contributed by atoms with Gasteiger partial charge in [0.2, 0.25) is 5.89 Å². The third kappa shape index (κ3) is 2.80. The van der Waals surface area contributed by atoms with Gasteiger partial charge in [-0.2, -0.15) is 4.98 Å². The zero-order valence-electron chi connectivity index (χ0n) is 10.9. The summed E-state index contributed by atoms with van der Waals surface area (Å²) in [5.41, 5.74) is 2.01. The van der Waals surface area contributed by atoms with E-state index >= 15 is 0 Å². The molecule has 2 heterocycles. The molecule has 2 aromatic heterocycles. The number of hydrogen-bond donors (Lipinski definition) is 1. The Labute approximate surface area is 124 Å². The van der Waals surface area contributed by atoms with Gasteiger partial charge in [-0.05, 0) is 31.2 Å². The van der Waals surface area contributed by atoms with Crippen molar-refractivity contribution in [2.45, 2.75) is 13.3 Å². The molecule has 0 bridgehead atoms. The fourth-order valence-electron chi connectivity index (χ4n) is 2.02. The summed E-state index contributed by atoms with van der Waals surface area (Å²) in [7, 11) is 0. The monoisotopic (exact) mass is 332 g/mol. The molecule has 0 unspecified atom stereocenters. The summed E-state index contributed by atoms with van der Waals surface area (Å²) in [5.74, 6) is 1.32. The van der Waals surface area contributed by atoms with Crippen molar-refractivity contribution >= 4 is 32.5 Å². The number of aromatic nitrogens is 3. The Morgan fingerprint density at radius 2 is 2.20 bits per heavy atom. The molecule has 0 fully saturated rings. The van der Waals surface area contributed by atoms with E-state index in [1.807, 2.05) is 31.2 Å². The first-order chi connectivity index (χ1) is 9.72. The Balaban J connectivity index is 1.74. The number of hydrogen-bond acceptors (Lipinski definition) is 5. The maximum Gasteiger partial charge on any atom is 0.228 e. The molecule has 6 heteroatoms. The predicted octanol–water partition coefficient (Wildman–Crippen LogP) is 3.34. The second kappa shape index (κ2) is 5.58. The molecule has 1 N–H and O–H groups in total. The maximum atomic E-state index is 5.09. The highest BCUT2D eigenvalue weighted by molar-refractivity contribution is 9.10. The lowest BCUT2D eigenvalue weighted by atomic mass is 10.2. The van der Waals surface area contributed by atoms with Crippen molar-refractivity contribution < 1.29 is 4.52 Å². The van der Waals surface area contributed by atoms with Gasteiger partial charge < -0.3 is 9.84 Å². The third-order valence-corrected chi connectivity index (χ3v) is 3.42. The number of benzene rings is 1. The zero-order chi connectivity index (χ0) is 13.9. The minimum Gasteiger partial charge on any atom is -0.384 e. The van der Waals surface area contributed by atoms with E-state index in [-0.39, 0.29) is 0 Å². The second-order valence-corrected chi connectivity index (χ2v) is 5.35. The van der Waals surface area contributed by atoms with Crippen LogP contribution in [0.15, 0.2) is 39.5 Å². The lowest BCUT2D eigenvalue weighted by molar-refractivity contribution is 0.377. The molecule has 0 spiro atoms. The van der Waals surface area contributed by atoms with Crippen LogP contribution in [0.2, 0.25) is 0 Å². The van der Waals surface area contributed by atoms with Gasteiger partial charge in [0, 0.05) is 34.7 Å². The van der Waals surface area contributed by atoms with Crippen LogP contribution in [-0.4, -0.2) is 21.7 Å². The normalized spacial score (nSPS) is 10.9. The second-order valence-electron chi connectivity index (χ2n) is 4.43. The van der Waals surface area contributed by atoms with Gasteiger partial charge in [-0.15, -0.1) is 0 Å². The molecule has 5 nitrogen and oxygen atoms in total. The first-order valence-electron chi connectivity index (χ1n) is 6.30. The number of pyridine rings is 1. The van der Waals surface area contributed by atoms with Crippen LogP contribution in [0.4, 0.5) is 5.69 Å². The van der Waals surface area contributed by atoms with Crippen molar-refractivity contribution in [3.8, 4) is 0 Å². The van der Waals surface area contributed by atoms with Gasteiger partial charge in [0.1, 0.15) is 0 Å². The highest BCUT2D eigenvalue weighted by Gasteiger charge is 2.04. The molecule has 0 saturated heterocycles. The minimum absolute atomic E-state index is 0.649. The Kier molecular flexibility index (Phi) is 3.64. The standard InChI is InChI=1S/C14H13BrN4O/c1-9-18-14(20-19-9)5-7-16-12-4-6-17-13-8-10(15)2-3-11(12)13/h2-4,6,8H,5,7H2,1H3,(H,16,17). The fraction of sp³-hybridized carbons (Fsp3) is 0.214. The molecule has 0 atom stereocenters. The molecule has 1 aromatic carbocycles. The van der Waals surface area contributed by atoms with Crippen LogP contribution in [0, 0.1) is 6.92 Å². The van der Waals surface area contributed by atoms with Crippen molar-refractivity contribution in [3.63, 3.8) is 0 Å². The highest BCUT2D eigenvalue weighted by Crippen LogP contribution is 2.24. The number of nitrogens with zero attached hydrogens (tertiary/aromatic N) is 3. The van der Waals surface area contributed by atoms with E-state index in [0.717, 1.165) is 27.6 Å². The first kappa shape index (κ1) is 13.1. The average Bonchev–Trinajstić information content (AvgIpc) is 2.84. The largest absolute Gasteiger partial charge is 0.384 e. The van der Waals surface area contributed by atoms with Gasteiger partial charge in [0.25, 0.3) is 0 Å². The molecule has 3 rings (SSSR count). The smallest absolute Gasteiger partial charge is 0.228 e. The third-order valence-electron chi connectivity index (χ3n) is 2.93. The van der Waals surface area contributed by atoms with E-state index in [0.29, 0.717) is 18.1 Å². The summed E-state index contributed by atoms with van der Waals surface area (Å²) in [4.78, 5) is 8.54. The fourth-order valence-corrected chi connectivity index (χ4v) is 2.37. The van der Waals surface area contributed by atoms with Crippen LogP contribution in [0.25, 0.3) is 10.9 Å². The van der Waals surface area contributed by atoms with Crippen molar-refractivity contribution in [1.82, 2.24) is 15.1 Å². The summed E-state index contributed by atoms with van der Waals surface area (Å²) in [6, 6.07) is 8.03. The van der Waals surface area contributed by atoms with Gasteiger partial charge in [-0.3, -0.25) is 4.98 Å². The van der Waals surface area contributed by atoms with E-state index < -0.39 is 0 Å². The molecular formula is C14H13BrN4O. The number of fused-ring (bicyclic) bond motifs is 1. The SMILES string of the molecule is Cc1noc(CCNc2ccnc3cc(Br)ccc23)n1. The van der Waals surface area contributed by atoms with Gasteiger partial charge in [0.05, 0.1) is 5.52 Å². The van der Waals surface area contributed by atoms with E-state index in [9.17, 15) is 0 Å². The Morgan fingerprint density at radius 1 is 1.30 bits per heavy atom. The van der Waals surface area contributed by atoms with E-state index in [1.165, 1.54) is 0 Å². The summed E-state index contributed by atoms with van der Waals surface area (Å²) in [5, 5.41) is 8.25. The molecule has 0 aliphatic rings. The van der Waals surface area contributed by atoms with E-state index in [4.69, 9.17) is 4.52 Å². The van der Waals surface area contributed by atoms with Gasteiger partial charge in [0.15, 0.2) is 5.82 Å². The molecule has 0 aliphatic heterocycles. The average molecular weight is 333 g/mol. The van der Waals surface area contributed by atoms with Crippen LogP contribution < -0.4 is 5.32 Å². The molecule has 0 saturated carbocycles. The van der Waals surface area contributed by atoms with Crippen LogP contribution in [0.5, 0.6) is 0 Å². The lowest BCUT2D eigenvalue weighted by Crippen LogP contribution is -2.05. The molecule has 102 valence electrons. The van der Waals surface area contributed by atoms with Gasteiger partial charge >= 0.3 is 0 Å². The van der Waals surface area contributed by atoms with Gasteiger partial charge in [-0.1, -0.05) is 21.1 Å². The van der Waals surface area contributed by atoms with Gasteiger partial charge in [-0.25, -0.2) is 0 Å². The summed E-state index contributed by atoms with van der Waals surface area (Å²) in [6.45, 7) is 2.55.